The van der Waals surface area contributed by atoms with Crippen LogP contribution in [0.5, 0.6) is 0 Å². The zero-order valence-corrected chi connectivity index (χ0v) is 58.3. The predicted molar refractivity (Wildman–Crippen MR) is 380 cm³/mol. The van der Waals surface area contributed by atoms with E-state index in [1.54, 1.807) is 6.08 Å². The summed E-state index contributed by atoms with van der Waals surface area (Å²) in [5.74, 6) is -0.189. The lowest BCUT2D eigenvalue weighted by Gasteiger charge is -2.40. The fraction of sp³-hybridized carbons (Fsp3) is 0.823. The van der Waals surface area contributed by atoms with Crippen molar-refractivity contribution in [3.8, 4) is 0 Å². The van der Waals surface area contributed by atoms with Crippen molar-refractivity contribution in [1.82, 2.24) is 5.32 Å². The van der Waals surface area contributed by atoms with E-state index in [2.05, 4.69) is 79.9 Å². The third kappa shape index (κ3) is 55.5. The minimum atomic E-state index is -1.58. The Kier molecular flexibility index (Phi) is 63.9. The summed E-state index contributed by atoms with van der Waals surface area (Å²) in [5.41, 5.74) is 0. The number of rotatable bonds is 67. The van der Waals surface area contributed by atoms with Crippen LogP contribution in [-0.4, -0.2) is 100 Å². The van der Waals surface area contributed by atoms with Gasteiger partial charge in [-0.25, -0.2) is 0 Å². The standard InChI is InChI=1S/C79H143NO10/c1-3-5-7-9-11-13-15-16-17-37-41-44-47-51-55-59-63-67-75(84)88-68-64-60-56-52-48-45-42-39-36-34-32-30-28-26-24-22-20-18-19-21-23-25-27-29-31-33-35-38-40-43-46-50-54-58-62-66-74(83)80-71(70-89-79-78(87)77(86)76(85)73(69-81)90-79)72(82)65-61-57-53-49-14-12-10-8-6-4-2/h11,13-14,16-17,20,22,26,28,49,61,65,71-73,76-79,81-82,85-87H,3-10,12,15,18-19,21,23-25,27,29-48,50-60,62-64,66-70H2,1-2H3,(H,80,83)/b13-11-,17-16-,22-20-,28-26-,49-14+,65-61+. The monoisotopic (exact) mass is 1270 g/mol. The van der Waals surface area contributed by atoms with Gasteiger partial charge in [-0.2, -0.15) is 0 Å². The number of nitrogens with one attached hydrogen (secondary N) is 1. The molecule has 1 fully saturated rings. The van der Waals surface area contributed by atoms with E-state index in [4.69, 9.17) is 14.2 Å². The normalized spacial score (nSPS) is 18.1. The van der Waals surface area contributed by atoms with Gasteiger partial charge in [-0.15, -0.1) is 0 Å². The number of hydrogen-bond donors (Lipinski definition) is 6. The molecule has 1 heterocycles. The Labute approximate surface area is 553 Å². The van der Waals surface area contributed by atoms with Crippen molar-refractivity contribution < 1.29 is 49.3 Å². The Balaban J connectivity index is 1.90. The summed E-state index contributed by atoms with van der Waals surface area (Å²) in [7, 11) is 0. The van der Waals surface area contributed by atoms with Crippen LogP contribution in [0.4, 0.5) is 0 Å². The maximum absolute atomic E-state index is 13.0. The van der Waals surface area contributed by atoms with Crippen molar-refractivity contribution in [3.05, 3.63) is 72.9 Å². The summed E-state index contributed by atoms with van der Waals surface area (Å²) >= 11 is 0. The van der Waals surface area contributed by atoms with Gasteiger partial charge in [0.25, 0.3) is 0 Å². The number of hydrogen-bond acceptors (Lipinski definition) is 10. The molecule has 7 atom stereocenters. The van der Waals surface area contributed by atoms with Crippen molar-refractivity contribution in [3.63, 3.8) is 0 Å². The largest absolute Gasteiger partial charge is 0.466 e. The predicted octanol–water partition coefficient (Wildman–Crippen LogP) is 20.2. The number of carbonyl (C=O) groups is 2. The number of aliphatic hydroxyl groups is 5. The van der Waals surface area contributed by atoms with Crippen LogP contribution in [0.1, 0.15) is 354 Å². The molecule has 1 aliphatic rings. The van der Waals surface area contributed by atoms with Crippen LogP contribution in [0.3, 0.4) is 0 Å². The van der Waals surface area contributed by atoms with Gasteiger partial charge in [0, 0.05) is 12.8 Å². The molecule has 7 unspecified atom stereocenters. The van der Waals surface area contributed by atoms with Crippen LogP contribution in [0, 0.1) is 0 Å². The molecule has 0 spiro atoms. The molecule has 1 amide bonds. The zero-order chi connectivity index (χ0) is 65.1. The van der Waals surface area contributed by atoms with E-state index >= 15 is 0 Å². The van der Waals surface area contributed by atoms with E-state index in [1.165, 1.54) is 257 Å². The maximum atomic E-state index is 13.0. The van der Waals surface area contributed by atoms with Crippen molar-refractivity contribution in [2.75, 3.05) is 19.8 Å². The Morgan fingerprint density at radius 1 is 0.411 bits per heavy atom. The first-order valence-corrected chi connectivity index (χ1v) is 38.2. The first-order valence-electron chi connectivity index (χ1n) is 38.2. The van der Waals surface area contributed by atoms with Gasteiger partial charge in [-0.3, -0.25) is 9.59 Å². The summed E-state index contributed by atoms with van der Waals surface area (Å²) in [6, 6.07) is -0.826. The van der Waals surface area contributed by atoms with E-state index < -0.39 is 49.5 Å². The highest BCUT2D eigenvalue weighted by Crippen LogP contribution is 2.23. The average molecular weight is 1270 g/mol. The number of esters is 1. The van der Waals surface area contributed by atoms with Gasteiger partial charge < -0.3 is 45.1 Å². The van der Waals surface area contributed by atoms with Crippen molar-refractivity contribution in [2.24, 2.45) is 0 Å². The molecule has 90 heavy (non-hydrogen) atoms. The van der Waals surface area contributed by atoms with Gasteiger partial charge in [0.05, 0.1) is 32.0 Å². The molecular weight excluding hydrogens is 1120 g/mol. The lowest BCUT2D eigenvalue weighted by Crippen LogP contribution is -2.60. The molecule has 11 nitrogen and oxygen atoms in total. The summed E-state index contributed by atoms with van der Waals surface area (Å²) in [6.45, 7) is 4.29. The highest BCUT2D eigenvalue weighted by molar-refractivity contribution is 5.76. The second kappa shape index (κ2) is 67.5. The molecule has 0 saturated carbocycles. The molecule has 1 rings (SSSR count). The molecular formula is C79H143NO10. The molecule has 0 aromatic carbocycles. The fourth-order valence-corrected chi connectivity index (χ4v) is 11.7. The Morgan fingerprint density at radius 3 is 1.19 bits per heavy atom. The molecule has 0 bridgehead atoms. The summed E-state index contributed by atoms with van der Waals surface area (Å²) < 4.78 is 16.7. The number of ether oxygens (including phenoxy) is 3. The first-order chi connectivity index (χ1) is 44.2. The Bertz CT molecular complexity index is 1730. The first kappa shape index (κ1) is 85.1. The van der Waals surface area contributed by atoms with E-state index in [-0.39, 0.29) is 18.5 Å². The van der Waals surface area contributed by atoms with Crippen molar-refractivity contribution in [1.29, 1.82) is 0 Å². The number of allylic oxidation sites excluding steroid dienone is 11. The lowest BCUT2D eigenvalue weighted by atomic mass is 9.99. The van der Waals surface area contributed by atoms with E-state index in [0.717, 1.165) is 70.6 Å². The summed E-state index contributed by atoms with van der Waals surface area (Å²) in [6.07, 6.45) is 82.2. The second-order valence-corrected chi connectivity index (χ2v) is 26.3. The molecule has 11 heteroatoms. The number of amides is 1. The number of carbonyl (C=O) groups excluding carboxylic acids is 2. The molecule has 6 N–H and O–H groups in total. The minimum absolute atomic E-state index is 0.00188. The highest BCUT2D eigenvalue weighted by Gasteiger charge is 2.44. The van der Waals surface area contributed by atoms with Gasteiger partial charge in [0.15, 0.2) is 6.29 Å². The zero-order valence-electron chi connectivity index (χ0n) is 58.3. The quantitative estimate of drug-likeness (QED) is 0.0195. The molecule has 1 saturated heterocycles. The molecule has 0 aliphatic carbocycles. The smallest absolute Gasteiger partial charge is 0.305 e. The third-order valence-corrected chi connectivity index (χ3v) is 17.8. The summed E-state index contributed by atoms with van der Waals surface area (Å²) in [4.78, 5) is 25.1. The molecule has 1 aliphatic heterocycles. The van der Waals surface area contributed by atoms with Crippen LogP contribution in [0.2, 0.25) is 0 Å². The average Bonchev–Trinajstić information content (AvgIpc) is 0.992. The van der Waals surface area contributed by atoms with E-state index in [0.29, 0.717) is 19.4 Å². The maximum Gasteiger partial charge on any atom is 0.305 e. The van der Waals surface area contributed by atoms with Gasteiger partial charge in [-0.1, -0.05) is 305 Å². The van der Waals surface area contributed by atoms with Crippen LogP contribution in [0.25, 0.3) is 0 Å². The van der Waals surface area contributed by atoms with Crippen LogP contribution in [0.15, 0.2) is 72.9 Å². The third-order valence-electron chi connectivity index (χ3n) is 17.8. The van der Waals surface area contributed by atoms with Crippen LogP contribution < -0.4 is 5.32 Å². The topological polar surface area (TPSA) is 175 Å². The SMILES string of the molecule is CCCCC/C=C\C/C=C\CCCCCCCCCC(=O)OCCCCCCCCCCCCC/C=C\C/C=C\CCCCCCCCCCCCCCCCCCCC(=O)NC(COC1OC(CO)C(O)C(O)C1O)C(O)/C=C/CC/C=C/CCCCCC. The van der Waals surface area contributed by atoms with E-state index in [1.807, 2.05) is 6.08 Å². The van der Waals surface area contributed by atoms with Gasteiger partial charge in [-0.05, 0) is 109 Å². The van der Waals surface area contributed by atoms with Gasteiger partial charge in [0.2, 0.25) is 5.91 Å². The Morgan fingerprint density at radius 2 is 0.756 bits per heavy atom. The van der Waals surface area contributed by atoms with Gasteiger partial charge >= 0.3 is 5.97 Å². The molecule has 0 radical (unpaired) electrons. The van der Waals surface area contributed by atoms with Gasteiger partial charge in [0.1, 0.15) is 24.4 Å². The second-order valence-electron chi connectivity index (χ2n) is 26.3. The Hall–Kier alpha value is -2.90. The molecule has 524 valence electrons. The summed E-state index contributed by atoms with van der Waals surface area (Å²) in [5, 5.41) is 54.3. The fourth-order valence-electron chi connectivity index (χ4n) is 11.7. The van der Waals surface area contributed by atoms with Crippen molar-refractivity contribution in [2.45, 2.75) is 397 Å². The number of unbranched alkanes of at least 4 members (excludes halogenated alkanes) is 43. The van der Waals surface area contributed by atoms with E-state index in [9.17, 15) is 35.1 Å². The van der Waals surface area contributed by atoms with Crippen molar-refractivity contribution >= 4 is 11.9 Å². The molecule has 0 aromatic heterocycles. The minimum Gasteiger partial charge on any atom is -0.466 e. The molecule has 0 aromatic rings. The van der Waals surface area contributed by atoms with Crippen LogP contribution >= 0.6 is 0 Å². The van der Waals surface area contributed by atoms with Crippen LogP contribution in [-0.2, 0) is 23.8 Å². The number of aliphatic hydroxyl groups excluding tert-OH is 5. The highest BCUT2D eigenvalue weighted by atomic mass is 16.7. The lowest BCUT2D eigenvalue weighted by molar-refractivity contribution is -0.302.